The summed E-state index contributed by atoms with van der Waals surface area (Å²) < 4.78 is 5.54. The standard InChI is InChI=1S/C21H23N3O2/c1-2-15-26-17-10-7-16(8-11-17)9-12-21(25)22-14-13-20-23-18-5-3-4-6-19(18)24-20/h3-12H,2,13-15H2,1H3,(H,22,25)(H,23,24). The van der Waals surface area contributed by atoms with E-state index in [0.717, 1.165) is 34.6 Å². The van der Waals surface area contributed by atoms with Gasteiger partial charge < -0.3 is 15.0 Å². The molecule has 1 aromatic heterocycles. The smallest absolute Gasteiger partial charge is 0.244 e. The summed E-state index contributed by atoms with van der Waals surface area (Å²) in [5.41, 5.74) is 2.92. The van der Waals surface area contributed by atoms with Gasteiger partial charge in [0, 0.05) is 19.0 Å². The minimum absolute atomic E-state index is 0.118. The van der Waals surface area contributed by atoms with Crippen molar-refractivity contribution in [2.45, 2.75) is 19.8 Å². The maximum atomic E-state index is 11.9. The molecular weight excluding hydrogens is 326 g/mol. The van der Waals surface area contributed by atoms with Crippen LogP contribution in [0.1, 0.15) is 24.7 Å². The second kappa shape index (κ2) is 8.85. The van der Waals surface area contributed by atoms with Crippen LogP contribution >= 0.6 is 0 Å². The summed E-state index contributed by atoms with van der Waals surface area (Å²) in [5, 5.41) is 2.87. The van der Waals surface area contributed by atoms with Gasteiger partial charge in [0.15, 0.2) is 0 Å². The molecule has 1 amide bonds. The number of fused-ring (bicyclic) bond motifs is 1. The number of ether oxygens (including phenoxy) is 1. The Morgan fingerprint density at radius 1 is 1.19 bits per heavy atom. The van der Waals surface area contributed by atoms with Crippen molar-refractivity contribution in [2.75, 3.05) is 13.2 Å². The van der Waals surface area contributed by atoms with Gasteiger partial charge in [-0.25, -0.2) is 4.98 Å². The zero-order valence-corrected chi connectivity index (χ0v) is 14.9. The van der Waals surface area contributed by atoms with E-state index in [1.165, 1.54) is 0 Å². The molecule has 3 rings (SSSR count). The molecule has 3 aromatic rings. The zero-order valence-electron chi connectivity index (χ0n) is 14.9. The van der Waals surface area contributed by atoms with E-state index in [2.05, 4.69) is 22.2 Å². The third kappa shape index (κ3) is 4.96. The molecule has 0 unspecified atom stereocenters. The van der Waals surface area contributed by atoms with Crippen LogP contribution in [0.15, 0.2) is 54.6 Å². The first-order chi connectivity index (χ1) is 12.7. The summed E-state index contributed by atoms with van der Waals surface area (Å²) in [7, 11) is 0. The predicted molar refractivity (Wildman–Crippen MR) is 104 cm³/mol. The highest BCUT2D eigenvalue weighted by Gasteiger charge is 2.02. The fourth-order valence-corrected chi connectivity index (χ4v) is 2.55. The number of carbonyl (C=O) groups is 1. The number of nitrogens with zero attached hydrogens (tertiary/aromatic N) is 1. The first kappa shape index (κ1) is 17.7. The number of aromatic amines is 1. The van der Waals surface area contributed by atoms with Crippen molar-refractivity contribution < 1.29 is 9.53 Å². The molecule has 0 radical (unpaired) electrons. The molecule has 0 atom stereocenters. The molecule has 0 spiro atoms. The van der Waals surface area contributed by atoms with E-state index in [1.807, 2.05) is 48.5 Å². The lowest BCUT2D eigenvalue weighted by molar-refractivity contribution is -0.116. The summed E-state index contributed by atoms with van der Waals surface area (Å²) in [5.74, 6) is 1.60. The number of benzene rings is 2. The fraction of sp³-hybridized carbons (Fsp3) is 0.238. The lowest BCUT2D eigenvalue weighted by Crippen LogP contribution is -2.23. The number of carbonyl (C=O) groups excluding carboxylic acids is 1. The van der Waals surface area contributed by atoms with E-state index in [1.54, 1.807) is 12.2 Å². The van der Waals surface area contributed by atoms with Crippen LogP contribution < -0.4 is 10.1 Å². The molecular formula is C21H23N3O2. The summed E-state index contributed by atoms with van der Waals surface area (Å²) in [4.78, 5) is 19.7. The van der Waals surface area contributed by atoms with Crippen molar-refractivity contribution in [2.24, 2.45) is 0 Å². The minimum Gasteiger partial charge on any atom is -0.494 e. The van der Waals surface area contributed by atoms with E-state index in [9.17, 15) is 4.79 Å². The zero-order chi connectivity index (χ0) is 18.2. The van der Waals surface area contributed by atoms with Gasteiger partial charge >= 0.3 is 0 Å². The first-order valence-corrected chi connectivity index (χ1v) is 8.87. The quantitative estimate of drug-likeness (QED) is 0.609. The molecule has 0 aliphatic heterocycles. The molecule has 1 heterocycles. The Bertz CT molecular complexity index is 849. The van der Waals surface area contributed by atoms with Gasteiger partial charge in [0.25, 0.3) is 0 Å². The molecule has 0 aliphatic carbocycles. The number of para-hydroxylation sites is 2. The Kier molecular flexibility index (Phi) is 6.04. The summed E-state index contributed by atoms with van der Waals surface area (Å²) in [6.07, 6.45) is 4.98. The van der Waals surface area contributed by atoms with E-state index in [4.69, 9.17) is 4.74 Å². The fourth-order valence-electron chi connectivity index (χ4n) is 2.55. The van der Waals surface area contributed by atoms with Crippen LogP contribution in [0.25, 0.3) is 17.1 Å². The SMILES string of the molecule is CCCOc1ccc(C=CC(=O)NCCc2nc3ccccc3[nH]2)cc1. The third-order valence-electron chi connectivity index (χ3n) is 3.88. The maximum Gasteiger partial charge on any atom is 0.244 e. The number of hydrogen-bond acceptors (Lipinski definition) is 3. The second-order valence-corrected chi connectivity index (χ2v) is 5.99. The molecule has 2 aromatic carbocycles. The van der Waals surface area contributed by atoms with Crippen molar-refractivity contribution >= 4 is 23.0 Å². The lowest BCUT2D eigenvalue weighted by Gasteiger charge is -2.04. The van der Waals surface area contributed by atoms with Crippen LogP contribution in [-0.4, -0.2) is 29.0 Å². The highest BCUT2D eigenvalue weighted by Crippen LogP contribution is 2.13. The van der Waals surface area contributed by atoms with E-state index >= 15 is 0 Å². The Morgan fingerprint density at radius 2 is 2.00 bits per heavy atom. The summed E-state index contributed by atoms with van der Waals surface area (Å²) in [6.45, 7) is 3.32. The molecule has 2 N–H and O–H groups in total. The largest absolute Gasteiger partial charge is 0.494 e. The second-order valence-electron chi connectivity index (χ2n) is 5.99. The van der Waals surface area contributed by atoms with Gasteiger partial charge in [-0.15, -0.1) is 0 Å². The van der Waals surface area contributed by atoms with Gasteiger partial charge in [-0.3, -0.25) is 4.79 Å². The number of H-pyrrole nitrogens is 1. The highest BCUT2D eigenvalue weighted by molar-refractivity contribution is 5.91. The number of imidazole rings is 1. The van der Waals surface area contributed by atoms with Crippen LogP contribution in [0.3, 0.4) is 0 Å². The first-order valence-electron chi connectivity index (χ1n) is 8.87. The van der Waals surface area contributed by atoms with E-state index < -0.39 is 0 Å². The van der Waals surface area contributed by atoms with Gasteiger partial charge in [0.2, 0.25) is 5.91 Å². The van der Waals surface area contributed by atoms with Crippen LogP contribution in [0.4, 0.5) is 0 Å². The molecule has 0 saturated heterocycles. The Labute approximate surface area is 153 Å². The molecule has 0 bridgehead atoms. The van der Waals surface area contributed by atoms with E-state index in [-0.39, 0.29) is 5.91 Å². The molecule has 5 heteroatoms. The summed E-state index contributed by atoms with van der Waals surface area (Å²) in [6, 6.07) is 15.6. The minimum atomic E-state index is -0.118. The molecule has 5 nitrogen and oxygen atoms in total. The number of hydrogen-bond donors (Lipinski definition) is 2. The van der Waals surface area contributed by atoms with Crippen LogP contribution in [0, 0.1) is 0 Å². The Balaban J connectivity index is 1.45. The van der Waals surface area contributed by atoms with Crippen LogP contribution in [0.5, 0.6) is 5.75 Å². The number of nitrogens with one attached hydrogen (secondary N) is 2. The normalized spacial score (nSPS) is 11.1. The Morgan fingerprint density at radius 3 is 2.77 bits per heavy atom. The average Bonchev–Trinajstić information content (AvgIpc) is 3.08. The molecule has 26 heavy (non-hydrogen) atoms. The van der Waals surface area contributed by atoms with Gasteiger partial charge in [0.05, 0.1) is 17.6 Å². The lowest BCUT2D eigenvalue weighted by atomic mass is 10.2. The van der Waals surface area contributed by atoms with Crippen molar-refractivity contribution in [3.8, 4) is 5.75 Å². The van der Waals surface area contributed by atoms with Crippen molar-refractivity contribution in [1.82, 2.24) is 15.3 Å². The molecule has 0 aliphatic rings. The number of rotatable bonds is 8. The van der Waals surface area contributed by atoms with Crippen LogP contribution in [0.2, 0.25) is 0 Å². The van der Waals surface area contributed by atoms with Gasteiger partial charge in [0.1, 0.15) is 11.6 Å². The van der Waals surface area contributed by atoms with Crippen molar-refractivity contribution in [3.05, 3.63) is 66.0 Å². The number of amides is 1. The van der Waals surface area contributed by atoms with Crippen LogP contribution in [-0.2, 0) is 11.2 Å². The Hall–Kier alpha value is -3.08. The average molecular weight is 349 g/mol. The maximum absolute atomic E-state index is 11.9. The van der Waals surface area contributed by atoms with Crippen molar-refractivity contribution in [3.63, 3.8) is 0 Å². The van der Waals surface area contributed by atoms with Gasteiger partial charge in [-0.1, -0.05) is 31.2 Å². The van der Waals surface area contributed by atoms with Gasteiger partial charge in [-0.2, -0.15) is 0 Å². The highest BCUT2D eigenvalue weighted by atomic mass is 16.5. The van der Waals surface area contributed by atoms with E-state index in [0.29, 0.717) is 19.6 Å². The molecule has 0 saturated carbocycles. The monoisotopic (exact) mass is 349 g/mol. The number of aromatic nitrogens is 2. The predicted octanol–water partition coefficient (Wildman–Crippen LogP) is 3.72. The topological polar surface area (TPSA) is 67.0 Å². The molecule has 134 valence electrons. The summed E-state index contributed by atoms with van der Waals surface area (Å²) >= 11 is 0. The van der Waals surface area contributed by atoms with Crippen molar-refractivity contribution in [1.29, 1.82) is 0 Å². The third-order valence-corrected chi connectivity index (χ3v) is 3.88. The molecule has 0 fully saturated rings. The van der Waals surface area contributed by atoms with Gasteiger partial charge in [-0.05, 0) is 42.3 Å².